The number of hydrogen-bond acceptors (Lipinski definition) is 5. The maximum Gasteiger partial charge on any atom is 0.329 e. The van der Waals surface area contributed by atoms with Gasteiger partial charge >= 0.3 is 5.69 Å². The van der Waals surface area contributed by atoms with Gasteiger partial charge in [0.15, 0.2) is 0 Å². The summed E-state index contributed by atoms with van der Waals surface area (Å²) in [6.07, 6.45) is 2.96. The number of aromatic nitrogens is 2. The number of aryl methyl sites for hydroxylation is 1. The zero-order valence-electron chi connectivity index (χ0n) is 21.4. The summed E-state index contributed by atoms with van der Waals surface area (Å²) in [5.41, 5.74) is 2.97. The van der Waals surface area contributed by atoms with Crippen molar-refractivity contribution in [3.05, 3.63) is 58.5 Å². The molecule has 3 aromatic rings. The van der Waals surface area contributed by atoms with E-state index in [1.807, 2.05) is 47.0 Å². The monoisotopic (exact) mass is 481 g/mol. The van der Waals surface area contributed by atoms with Crippen molar-refractivity contribution < 1.29 is 14.6 Å². The quantitative estimate of drug-likeness (QED) is 0.469. The molecule has 190 valence electrons. The molecule has 7 nitrogen and oxygen atoms in total. The normalized spacial score (nSPS) is 16.2. The van der Waals surface area contributed by atoms with Crippen LogP contribution in [0.3, 0.4) is 0 Å². The summed E-state index contributed by atoms with van der Waals surface area (Å²) >= 11 is 0. The summed E-state index contributed by atoms with van der Waals surface area (Å²) < 4.78 is 15.5. The Kier molecular flexibility index (Phi) is 8.19. The van der Waals surface area contributed by atoms with Crippen molar-refractivity contribution in [1.29, 1.82) is 0 Å². The van der Waals surface area contributed by atoms with Crippen molar-refractivity contribution in [3.8, 4) is 11.5 Å². The second-order valence-corrected chi connectivity index (χ2v) is 9.91. The van der Waals surface area contributed by atoms with Crippen molar-refractivity contribution in [2.45, 2.75) is 58.7 Å². The van der Waals surface area contributed by atoms with Crippen molar-refractivity contribution in [2.24, 2.45) is 5.92 Å². The number of aliphatic hydroxyl groups excluding tert-OH is 1. The van der Waals surface area contributed by atoms with Gasteiger partial charge in [-0.3, -0.25) is 9.13 Å². The van der Waals surface area contributed by atoms with Crippen LogP contribution >= 0.6 is 0 Å². The molecule has 1 aromatic heterocycles. The number of imidazole rings is 1. The van der Waals surface area contributed by atoms with Gasteiger partial charge in [0.05, 0.1) is 31.3 Å². The zero-order chi connectivity index (χ0) is 24.9. The van der Waals surface area contributed by atoms with Crippen molar-refractivity contribution in [2.75, 3.05) is 33.4 Å². The van der Waals surface area contributed by atoms with Crippen molar-refractivity contribution in [3.63, 3.8) is 0 Å². The lowest BCUT2D eigenvalue weighted by molar-refractivity contribution is 0.109. The molecule has 0 bridgehead atoms. The Balaban J connectivity index is 1.39. The molecule has 1 fully saturated rings. The van der Waals surface area contributed by atoms with Gasteiger partial charge < -0.3 is 19.5 Å². The standard InChI is InChI=1S/C28H39N3O4/c1-20(2)26(35-27-19-23(34-4)10-9-21(27)3)13-16-29-14-11-22(12-15-29)31-25-8-6-5-7-24(25)30(17-18-32)28(31)33/h5-10,19-20,22,26,32H,11-18H2,1-4H3. The first kappa shape index (κ1) is 25.3. The third-order valence-corrected chi connectivity index (χ3v) is 7.26. The second kappa shape index (κ2) is 11.3. The largest absolute Gasteiger partial charge is 0.497 e. The van der Waals surface area contributed by atoms with Gasteiger partial charge in [-0.1, -0.05) is 32.0 Å². The fraction of sp³-hybridized carbons (Fsp3) is 0.536. The fourth-order valence-corrected chi connectivity index (χ4v) is 5.14. The molecule has 7 heteroatoms. The van der Waals surface area contributed by atoms with Crippen LogP contribution in [0, 0.1) is 12.8 Å². The summed E-state index contributed by atoms with van der Waals surface area (Å²) in [7, 11) is 1.68. The first-order valence-corrected chi connectivity index (χ1v) is 12.8. The summed E-state index contributed by atoms with van der Waals surface area (Å²) in [4.78, 5) is 15.7. The summed E-state index contributed by atoms with van der Waals surface area (Å²) in [5, 5.41) is 9.44. The minimum absolute atomic E-state index is 0.0133. The van der Waals surface area contributed by atoms with E-state index in [-0.39, 0.29) is 24.4 Å². The molecule has 1 unspecified atom stereocenters. The van der Waals surface area contributed by atoms with Crippen LogP contribution in [0.5, 0.6) is 11.5 Å². The smallest absolute Gasteiger partial charge is 0.329 e. The predicted octanol–water partition coefficient (Wildman–Crippen LogP) is 4.24. The van der Waals surface area contributed by atoms with E-state index in [1.54, 1.807) is 11.7 Å². The molecule has 1 atom stereocenters. The minimum atomic E-state index is -0.0409. The number of hydrogen-bond donors (Lipinski definition) is 1. The van der Waals surface area contributed by atoms with Crippen LogP contribution in [0.1, 0.15) is 44.7 Å². The van der Waals surface area contributed by atoms with E-state index in [4.69, 9.17) is 9.47 Å². The lowest BCUT2D eigenvalue weighted by atomic mass is 10.0. The van der Waals surface area contributed by atoms with Crippen molar-refractivity contribution in [1.82, 2.24) is 14.0 Å². The highest BCUT2D eigenvalue weighted by Gasteiger charge is 2.26. The molecule has 0 aliphatic carbocycles. The molecule has 0 amide bonds. The van der Waals surface area contributed by atoms with E-state index in [0.29, 0.717) is 12.5 Å². The van der Waals surface area contributed by atoms with Crippen LogP contribution in [0.15, 0.2) is 47.3 Å². The van der Waals surface area contributed by atoms with Gasteiger partial charge in [0.1, 0.15) is 17.6 Å². The third-order valence-electron chi connectivity index (χ3n) is 7.26. The van der Waals surface area contributed by atoms with Crippen LogP contribution in [0.25, 0.3) is 11.0 Å². The average Bonchev–Trinajstić information content (AvgIpc) is 3.14. The van der Waals surface area contributed by atoms with Gasteiger partial charge in [0.2, 0.25) is 0 Å². The molecule has 0 saturated carbocycles. The molecule has 2 aromatic carbocycles. The Labute approximate surface area is 207 Å². The number of likely N-dealkylation sites (tertiary alicyclic amines) is 1. The Hall–Kier alpha value is -2.77. The summed E-state index contributed by atoms with van der Waals surface area (Å²) in [5.74, 6) is 2.10. The minimum Gasteiger partial charge on any atom is -0.497 e. The molecule has 1 aliphatic heterocycles. The molecule has 0 radical (unpaired) electrons. The Morgan fingerprint density at radius 3 is 2.43 bits per heavy atom. The van der Waals surface area contributed by atoms with Gasteiger partial charge in [-0.25, -0.2) is 4.79 Å². The maximum absolute atomic E-state index is 13.2. The van der Waals surface area contributed by atoms with E-state index in [0.717, 1.165) is 67.0 Å². The second-order valence-electron chi connectivity index (χ2n) is 9.91. The third kappa shape index (κ3) is 5.57. The number of ether oxygens (including phenoxy) is 2. The van der Waals surface area contributed by atoms with Crippen LogP contribution in [0.4, 0.5) is 0 Å². The molecule has 0 spiro atoms. The van der Waals surface area contributed by atoms with Gasteiger partial charge in [-0.05, 0) is 55.9 Å². The number of benzene rings is 2. The molecule has 1 saturated heterocycles. The summed E-state index contributed by atoms with van der Waals surface area (Å²) in [6, 6.07) is 14.1. The van der Waals surface area contributed by atoms with Crippen LogP contribution in [-0.4, -0.2) is 58.6 Å². The molecular weight excluding hydrogens is 442 g/mol. The highest BCUT2D eigenvalue weighted by molar-refractivity contribution is 5.76. The van der Waals surface area contributed by atoms with E-state index in [9.17, 15) is 9.90 Å². The van der Waals surface area contributed by atoms with Gasteiger partial charge in [0, 0.05) is 31.7 Å². The zero-order valence-corrected chi connectivity index (χ0v) is 21.4. The topological polar surface area (TPSA) is 68.9 Å². The van der Waals surface area contributed by atoms with Gasteiger partial charge in [0.25, 0.3) is 0 Å². The number of rotatable bonds is 10. The number of para-hydroxylation sites is 2. The maximum atomic E-state index is 13.2. The Morgan fingerprint density at radius 2 is 1.77 bits per heavy atom. The van der Waals surface area contributed by atoms with Gasteiger partial charge in [-0.2, -0.15) is 0 Å². The number of piperidine rings is 1. The average molecular weight is 482 g/mol. The molecule has 1 aliphatic rings. The highest BCUT2D eigenvalue weighted by atomic mass is 16.5. The fourth-order valence-electron chi connectivity index (χ4n) is 5.14. The highest BCUT2D eigenvalue weighted by Crippen LogP contribution is 2.29. The van der Waals surface area contributed by atoms with Crippen LogP contribution in [0.2, 0.25) is 0 Å². The summed E-state index contributed by atoms with van der Waals surface area (Å²) in [6.45, 7) is 9.66. The molecule has 2 heterocycles. The SMILES string of the molecule is COc1ccc(C)c(OC(CCN2CCC(n3c(=O)n(CCO)c4ccccc43)CC2)C(C)C)c1. The van der Waals surface area contributed by atoms with Crippen LogP contribution < -0.4 is 15.2 Å². The Bertz CT molecular complexity index is 1170. The first-order valence-electron chi connectivity index (χ1n) is 12.8. The molecule has 35 heavy (non-hydrogen) atoms. The molecule has 1 N–H and O–H groups in total. The lowest BCUT2D eigenvalue weighted by Gasteiger charge is -2.34. The number of nitrogens with zero attached hydrogens (tertiary/aromatic N) is 3. The first-order chi connectivity index (χ1) is 16.9. The van der Waals surface area contributed by atoms with E-state index < -0.39 is 0 Å². The number of fused-ring (bicyclic) bond motifs is 1. The molecular formula is C28H39N3O4. The predicted molar refractivity (Wildman–Crippen MR) is 140 cm³/mol. The van der Waals surface area contributed by atoms with E-state index in [2.05, 4.69) is 25.7 Å². The van der Waals surface area contributed by atoms with E-state index in [1.165, 1.54) is 0 Å². The van der Waals surface area contributed by atoms with Gasteiger partial charge in [-0.15, -0.1) is 0 Å². The van der Waals surface area contributed by atoms with Crippen molar-refractivity contribution >= 4 is 11.0 Å². The number of methoxy groups -OCH3 is 1. The lowest BCUT2D eigenvalue weighted by Crippen LogP contribution is -2.40. The van der Waals surface area contributed by atoms with E-state index >= 15 is 0 Å². The Morgan fingerprint density at radius 1 is 1.06 bits per heavy atom. The van der Waals surface area contributed by atoms with Crippen LogP contribution in [-0.2, 0) is 6.54 Å². The number of aliphatic hydroxyl groups is 1. The molecule has 4 rings (SSSR count).